The first-order chi connectivity index (χ1) is 7.38. The molecule has 0 aliphatic rings. The first-order valence-corrected chi connectivity index (χ1v) is 5.61. The number of aromatic nitrogens is 1. The van der Waals surface area contributed by atoms with Gasteiger partial charge in [0.25, 0.3) is 0 Å². The number of aryl methyl sites for hydroxylation is 1. The lowest BCUT2D eigenvalue weighted by Crippen LogP contribution is -2.11. The molecule has 0 atom stereocenters. The molecule has 0 bridgehead atoms. The summed E-state index contributed by atoms with van der Waals surface area (Å²) in [6, 6.07) is 3.54. The Bertz CT molecular complexity index is 352. The molecule has 1 aromatic heterocycles. The van der Waals surface area contributed by atoms with Gasteiger partial charge < -0.3 is 5.32 Å². The standard InChI is InChI=1S/C10H12BrF3N2/c1-7-8(11)3-4-9(16-7)15-6-2-5-10(12,13)14/h3-4H,2,5-6H2,1H3,(H,15,16). The fourth-order valence-corrected chi connectivity index (χ4v) is 1.37. The van der Waals surface area contributed by atoms with Gasteiger partial charge in [-0.2, -0.15) is 13.2 Å². The minimum absolute atomic E-state index is 0.0558. The second kappa shape index (κ2) is 5.52. The lowest BCUT2D eigenvalue weighted by molar-refractivity contribution is -0.134. The molecule has 1 rings (SSSR count). The first-order valence-electron chi connectivity index (χ1n) is 4.82. The normalized spacial score (nSPS) is 11.6. The highest BCUT2D eigenvalue weighted by molar-refractivity contribution is 9.10. The summed E-state index contributed by atoms with van der Waals surface area (Å²) in [6.45, 7) is 2.10. The summed E-state index contributed by atoms with van der Waals surface area (Å²) in [6.07, 6.45) is -4.79. The first kappa shape index (κ1) is 13.3. The van der Waals surface area contributed by atoms with Crippen LogP contribution < -0.4 is 5.32 Å². The summed E-state index contributed by atoms with van der Waals surface area (Å²) in [5.74, 6) is 0.600. The molecule has 1 N–H and O–H groups in total. The van der Waals surface area contributed by atoms with Crippen LogP contribution in [0.4, 0.5) is 19.0 Å². The van der Waals surface area contributed by atoms with E-state index in [4.69, 9.17) is 0 Å². The lowest BCUT2D eigenvalue weighted by atomic mass is 10.3. The van der Waals surface area contributed by atoms with Gasteiger partial charge in [0.15, 0.2) is 0 Å². The number of nitrogens with one attached hydrogen (secondary N) is 1. The summed E-state index contributed by atoms with van der Waals surface area (Å²) in [7, 11) is 0. The number of anilines is 1. The Balaban J connectivity index is 2.35. The van der Waals surface area contributed by atoms with Gasteiger partial charge in [0.05, 0.1) is 5.69 Å². The zero-order valence-corrected chi connectivity index (χ0v) is 10.3. The molecule has 1 heterocycles. The van der Waals surface area contributed by atoms with Crippen molar-refractivity contribution in [3.05, 3.63) is 22.3 Å². The highest BCUT2D eigenvalue weighted by atomic mass is 79.9. The molecule has 0 saturated carbocycles. The van der Waals surface area contributed by atoms with E-state index in [1.165, 1.54) is 0 Å². The zero-order chi connectivity index (χ0) is 12.2. The molecule has 0 saturated heterocycles. The largest absolute Gasteiger partial charge is 0.389 e. The molecule has 90 valence electrons. The molecule has 16 heavy (non-hydrogen) atoms. The Morgan fingerprint density at radius 2 is 2.06 bits per heavy atom. The van der Waals surface area contributed by atoms with Crippen molar-refractivity contribution in [2.75, 3.05) is 11.9 Å². The second-order valence-electron chi connectivity index (χ2n) is 3.41. The third-order valence-electron chi connectivity index (χ3n) is 1.96. The minimum atomic E-state index is -4.08. The van der Waals surface area contributed by atoms with Crippen LogP contribution in [0, 0.1) is 6.92 Å². The van der Waals surface area contributed by atoms with Crippen LogP contribution in [-0.4, -0.2) is 17.7 Å². The summed E-state index contributed by atoms with van der Waals surface area (Å²) in [4.78, 5) is 4.17. The van der Waals surface area contributed by atoms with Crippen molar-refractivity contribution < 1.29 is 13.2 Å². The summed E-state index contributed by atoms with van der Waals surface area (Å²) >= 11 is 3.30. The Morgan fingerprint density at radius 3 is 2.62 bits per heavy atom. The van der Waals surface area contributed by atoms with E-state index >= 15 is 0 Å². The van der Waals surface area contributed by atoms with E-state index < -0.39 is 12.6 Å². The predicted octanol–water partition coefficient (Wildman–Crippen LogP) is 3.91. The smallest absolute Gasteiger partial charge is 0.370 e. The molecule has 0 amide bonds. The van der Waals surface area contributed by atoms with E-state index in [1.807, 2.05) is 13.0 Å². The quantitative estimate of drug-likeness (QED) is 0.852. The molecule has 0 unspecified atom stereocenters. The van der Waals surface area contributed by atoms with Crippen molar-refractivity contribution in [2.24, 2.45) is 0 Å². The number of nitrogens with zero attached hydrogens (tertiary/aromatic N) is 1. The molecule has 0 spiro atoms. The van der Waals surface area contributed by atoms with Crippen LogP contribution in [0.1, 0.15) is 18.5 Å². The van der Waals surface area contributed by atoms with Crippen molar-refractivity contribution in [1.29, 1.82) is 0 Å². The number of hydrogen-bond donors (Lipinski definition) is 1. The fourth-order valence-electron chi connectivity index (χ4n) is 1.15. The van der Waals surface area contributed by atoms with E-state index in [2.05, 4.69) is 26.2 Å². The Hall–Kier alpha value is -0.780. The van der Waals surface area contributed by atoms with Gasteiger partial charge in [-0.1, -0.05) is 0 Å². The highest BCUT2D eigenvalue weighted by Crippen LogP contribution is 2.21. The molecule has 0 radical (unpaired) electrons. The number of pyridine rings is 1. The Kier molecular flexibility index (Phi) is 4.58. The zero-order valence-electron chi connectivity index (χ0n) is 8.74. The van der Waals surface area contributed by atoms with Crippen LogP contribution in [-0.2, 0) is 0 Å². The van der Waals surface area contributed by atoms with E-state index in [0.29, 0.717) is 5.82 Å². The van der Waals surface area contributed by atoms with Crippen molar-refractivity contribution in [2.45, 2.75) is 25.9 Å². The van der Waals surface area contributed by atoms with Crippen molar-refractivity contribution in [3.63, 3.8) is 0 Å². The third-order valence-corrected chi connectivity index (χ3v) is 2.80. The Morgan fingerprint density at radius 1 is 1.38 bits per heavy atom. The molecule has 2 nitrogen and oxygen atoms in total. The van der Waals surface area contributed by atoms with Gasteiger partial charge >= 0.3 is 6.18 Å². The number of alkyl halides is 3. The number of hydrogen-bond acceptors (Lipinski definition) is 2. The second-order valence-corrected chi connectivity index (χ2v) is 4.26. The van der Waals surface area contributed by atoms with E-state index in [9.17, 15) is 13.2 Å². The molecular weight excluding hydrogens is 285 g/mol. The average molecular weight is 297 g/mol. The van der Waals surface area contributed by atoms with Gasteiger partial charge in [-0.3, -0.25) is 0 Å². The van der Waals surface area contributed by atoms with Crippen LogP contribution in [0.2, 0.25) is 0 Å². The van der Waals surface area contributed by atoms with Crippen molar-refractivity contribution in [1.82, 2.24) is 4.98 Å². The average Bonchev–Trinajstić information content (AvgIpc) is 2.17. The molecule has 1 aromatic rings. The summed E-state index contributed by atoms with van der Waals surface area (Å²) < 4.78 is 36.4. The van der Waals surface area contributed by atoms with Crippen LogP contribution >= 0.6 is 15.9 Å². The van der Waals surface area contributed by atoms with Crippen LogP contribution in [0.5, 0.6) is 0 Å². The molecule has 6 heteroatoms. The molecule has 0 aromatic carbocycles. The maximum atomic E-state index is 11.8. The summed E-state index contributed by atoms with van der Waals surface area (Å²) in [5.41, 5.74) is 0.806. The Labute approximate surface area is 100 Å². The molecule has 0 aliphatic heterocycles. The topological polar surface area (TPSA) is 24.9 Å². The minimum Gasteiger partial charge on any atom is -0.370 e. The van der Waals surface area contributed by atoms with E-state index in [0.717, 1.165) is 10.2 Å². The van der Waals surface area contributed by atoms with Crippen LogP contribution in [0.3, 0.4) is 0 Å². The molecule has 0 aliphatic carbocycles. The highest BCUT2D eigenvalue weighted by Gasteiger charge is 2.25. The maximum absolute atomic E-state index is 11.8. The van der Waals surface area contributed by atoms with Gasteiger partial charge in [0, 0.05) is 17.4 Å². The predicted molar refractivity (Wildman–Crippen MR) is 60.5 cm³/mol. The fraction of sp³-hybridized carbons (Fsp3) is 0.500. The monoisotopic (exact) mass is 296 g/mol. The molecule has 0 fully saturated rings. The van der Waals surface area contributed by atoms with Gasteiger partial charge in [0.1, 0.15) is 5.82 Å². The van der Waals surface area contributed by atoms with Crippen molar-refractivity contribution in [3.8, 4) is 0 Å². The maximum Gasteiger partial charge on any atom is 0.389 e. The third kappa shape index (κ3) is 4.83. The summed E-state index contributed by atoms with van der Waals surface area (Å²) in [5, 5.41) is 2.85. The van der Waals surface area contributed by atoms with Gasteiger partial charge in [-0.05, 0) is 41.4 Å². The van der Waals surface area contributed by atoms with E-state index in [-0.39, 0.29) is 13.0 Å². The number of halogens is 4. The van der Waals surface area contributed by atoms with Gasteiger partial charge in [-0.15, -0.1) is 0 Å². The van der Waals surface area contributed by atoms with Gasteiger partial charge in [-0.25, -0.2) is 4.98 Å². The van der Waals surface area contributed by atoms with Gasteiger partial charge in [0.2, 0.25) is 0 Å². The molecular formula is C10H12BrF3N2. The van der Waals surface area contributed by atoms with Crippen molar-refractivity contribution >= 4 is 21.7 Å². The SMILES string of the molecule is Cc1nc(NCCCC(F)(F)F)ccc1Br. The van der Waals surface area contributed by atoms with Crippen LogP contribution in [0.25, 0.3) is 0 Å². The lowest BCUT2D eigenvalue weighted by Gasteiger charge is -2.08. The van der Waals surface area contributed by atoms with E-state index in [1.54, 1.807) is 6.07 Å². The number of rotatable bonds is 4. The van der Waals surface area contributed by atoms with Crippen LogP contribution in [0.15, 0.2) is 16.6 Å².